The zero-order chi connectivity index (χ0) is 15.5. The van der Waals surface area contributed by atoms with Gasteiger partial charge in [-0.15, -0.1) is 0 Å². The number of para-hydroxylation sites is 1. The van der Waals surface area contributed by atoms with Gasteiger partial charge < -0.3 is 10.1 Å². The molecule has 0 radical (unpaired) electrons. The van der Waals surface area contributed by atoms with E-state index in [9.17, 15) is 9.59 Å². The number of benzene rings is 1. The fourth-order valence-electron chi connectivity index (χ4n) is 2.09. The Bertz CT molecular complexity index is 735. The second-order valence-electron chi connectivity index (χ2n) is 4.62. The van der Waals surface area contributed by atoms with Crippen LogP contribution in [-0.2, 0) is 9.59 Å². The minimum atomic E-state index is -0.307. The number of carbonyl (C=O) groups excluding carboxylic acids is 2. The molecule has 1 aromatic carbocycles. The molecule has 2 heterocycles. The third kappa shape index (κ3) is 2.94. The van der Waals surface area contributed by atoms with Crippen LogP contribution < -0.4 is 15.0 Å². The van der Waals surface area contributed by atoms with Crippen molar-refractivity contribution >= 4 is 39.2 Å². The van der Waals surface area contributed by atoms with Gasteiger partial charge in [0.05, 0.1) is 5.69 Å². The Balaban J connectivity index is 1.77. The van der Waals surface area contributed by atoms with Crippen LogP contribution in [0, 0.1) is 0 Å². The van der Waals surface area contributed by atoms with Crippen molar-refractivity contribution in [1.29, 1.82) is 0 Å². The quantitative estimate of drug-likeness (QED) is 0.909. The molecule has 112 valence electrons. The Hall–Kier alpha value is -2.41. The normalized spacial score (nSPS) is 13.3. The summed E-state index contributed by atoms with van der Waals surface area (Å²) >= 11 is 3.36. The minimum absolute atomic E-state index is 0.0962. The Kier molecular flexibility index (Phi) is 4.06. The molecule has 6 nitrogen and oxygen atoms in total. The number of amides is 2. The standard InChI is InChI=1S/C15H12BrN3O3/c16-10-4-1-2-5-11(10)18-13(20)8-19-14(21)9-22-12-6-3-7-17-15(12)19/h1-7H,8-9H2,(H,18,20). The first-order valence-corrected chi connectivity index (χ1v) is 7.37. The van der Waals surface area contributed by atoms with Gasteiger partial charge in [-0.1, -0.05) is 12.1 Å². The van der Waals surface area contributed by atoms with E-state index in [2.05, 4.69) is 26.2 Å². The number of fused-ring (bicyclic) bond motifs is 1. The Morgan fingerprint density at radius 1 is 1.32 bits per heavy atom. The molecule has 3 rings (SSSR count). The van der Waals surface area contributed by atoms with E-state index in [1.54, 1.807) is 24.4 Å². The monoisotopic (exact) mass is 361 g/mol. The first-order chi connectivity index (χ1) is 10.6. The summed E-state index contributed by atoms with van der Waals surface area (Å²) in [6.07, 6.45) is 1.56. The molecule has 1 aromatic heterocycles. The lowest BCUT2D eigenvalue weighted by atomic mass is 10.3. The maximum absolute atomic E-state index is 12.2. The third-order valence-electron chi connectivity index (χ3n) is 3.11. The van der Waals surface area contributed by atoms with E-state index in [0.29, 0.717) is 17.3 Å². The number of halogens is 1. The molecule has 0 saturated carbocycles. The highest BCUT2D eigenvalue weighted by atomic mass is 79.9. The maximum atomic E-state index is 12.2. The van der Waals surface area contributed by atoms with Crippen LogP contribution >= 0.6 is 15.9 Å². The number of anilines is 2. The first-order valence-electron chi connectivity index (χ1n) is 6.58. The van der Waals surface area contributed by atoms with E-state index >= 15 is 0 Å². The van der Waals surface area contributed by atoms with Gasteiger partial charge in [0.25, 0.3) is 5.91 Å². The van der Waals surface area contributed by atoms with E-state index in [1.165, 1.54) is 4.90 Å². The van der Waals surface area contributed by atoms with Crippen LogP contribution in [0.2, 0.25) is 0 Å². The number of aromatic nitrogens is 1. The van der Waals surface area contributed by atoms with Crippen LogP contribution in [0.25, 0.3) is 0 Å². The lowest BCUT2D eigenvalue weighted by molar-refractivity contribution is -0.123. The molecule has 1 aliphatic rings. The largest absolute Gasteiger partial charge is 0.480 e. The lowest BCUT2D eigenvalue weighted by Gasteiger charge is -2.27. The van der Waals surface area contributed by atoms with Gasteiger partial charge in [-0.25, -0.2) is 4.98 Å². The molecule has 7 heteroatoms. The summed E-state index contributed by atoms with van der Waals surface area (Å²) in [4.78, 5) is 29.6. The molecule has 0 saturated heterocycles. The van der Waals surface area contributed by atoms with E-state index in [4.69, 9.17) is 4.74 Å². The first kappa shape index (κ1) is 14.5. The molecule has 0 bridgehead atoms. The van der Waals surface area contributed by atoms with Crippen molar-refractivity contribution in [3.8, 4) is 5.75 Å². The number of pyridine rings is 1. The van der Waals surface area contributed by atoms with Gasteiger partial charge in [0.2, 0.25) is 5.91 Å². The highest BCUT2D eigenvalue weighted by Gasteiger charge is 2.28. The van der Waals surface area contributed by atoms with E-state index in [0.717, 1.165) is 4.47 Å². The van der Waals surface area contributed by atoms with Gasteiger partial charge >= 0.3 is 0 Å². The molecule has 0 fully saturated rings. The zero-order valence-electron chi connectivity index (χ0n) is 11.5. The molecule has 1 N–H and O–H groups in total. The van der Waals surface area contributed by atoms with Crippen LogP contribution in [0.5, 0.6) is 5.75 Å². The number of carbonyl (C=O) groups is 2. The maximum Gasteiger partial charge on any atom is 0.266 e. The van der Waals surface area contributed by atoms with E-state index < -0.39 is 0 Å². The summed E-state index contributed by atoms with van der Waals surface area (Å²) in [5.41, 5.74) is 0.648. The third-order valence-corrected chi connectivity index (χ3v) is 3.80. The highest BCUT2D eigenvalue weighted by Crippen LogP contribution is 2.29. The van der Waals surface area contributed by atoms with E-state index in [1.807, 2.05) is 18.2 Å². The van der Waals surface area contributed by atoms with Crippen molar-refractivity contribution in [3.05, 3.63) is 47.1 Å². The molecule has 2 aromatic rings. The van der Waals surface area contributed by atoms with E-state index in [-0.39, 0.29) is 25.0 Å². The van der Waals surface area contributed by atoms with Crippen molar-refractivity contribution < 1.29 is 14.3 Å². The van der Waals surface area contributed by atoms with Crippen molar-refractivity contribution in [2.24, 2.45) is 0 Å². The van der Waals surface area contributed by atoms with Crippen LogP contribution in [0.4, 0.5) is 11.5 Å². The summed E-state index contributed by atoms with van der Waals surface area (Å²) in [6.45, 7) is -0.214. The average Bonchev–Trinajstić information content (AvgIpc) is 2.52. The van der Waals surface area contributed by atoms with Crippen molar-refractivity contribution in [2.75, 3.05) is 23.4 Å². The predicted octanol–water partition coefficient (Wildman–Crippen LogP) is 2.21. The van der Waals surface area contributed by atoms with Crippen molar-refractivity contribution in [2.45, 2.75) is 0 Å². The number of rotatable bonds is 3. The average molecular weight is 362 g/mol. The number of nitrogens with one attached hydrogen (secondary N) is 1. The van der Waals surface area contributed by atoms with Crippen molar-refractivity contribution in [1.82, 2.24) is 4.98 Å². The van der Waals surface area contributed by atoms with Gasteiger partial charge in [-0.2, -0.15) is 0 Å². The number of hydrogen-bond acceptors (Lipinski definition) is 4. The van der Waals surface area contributed by atoms with Crippen LogP contribution in [0.15, 0.2) is 47.1 Å². The summed E-state index contributed by atoms with van der Waals surface area (Å²) in [6, 6.07) is 10.7. The van der Waals surface area contributed by atoms with Crippen molar-refractivity contribution in [3.63, 3.8) is 0 Å². The molecular weight excluding hydrogens is 350 g/mol. The predicted molar refractivity (Wildman–Crippen MR) is 84.9 cm³/mol. The highest BCUT2D eigenvalue weighted by molar-refractivity contribution is 9.10. The molecule has 0 atom stereocenters. The van der Waals surface area contributed by atoms with Gasteiger partial charge in [0.15, 0.2) is 18.2 Å². The SMILES string of the molecule is O=C(CN1C(=O)COc2cccnc21)Nc1ccccc1Br. The molecule has 2 amide bonds. The second kappa shape index (κ2) is 6.15. The summed E-state index contributed by atoms with van der Waals surface area (Å²) in [7, 11) is 0. The molecule has 0 unspecified atom stereocenters. The summed E-state index contributed by atoms with van der Waals surface area (Å²) in [5.74, 6) is 0.254. The van der Waals surface area contributed by atoms with Gasteiger partial charge in [-0.05, 0) is 40.2 Å². The summed E-state index contributed by atoms with van der Waals surface area (Å²) in [5, 5.41) is 2.76. The van der Waals surface area contributed by atoms with Gasteiger partial charge in [-0.3, -0.25) is 14.5 Å². The number of hydrogen-bond donors (Lipinski definition) is 1. The molecule has 22 heavy (non-hydrogen) atoms. The lowest BCUT2D eigenvalue weighted by Crippen LogP contribution is -2.43. The number of ether oxygens (including phenoxy) is 1. The smallest absolute Gasteiger partial charge is 0.266 e. The molecular formula is C15H12BrN3O3. The minimum Gasteiger partial charge on any atom is -0.480 e. The zero-order valence-corrected chi connectivity index (χ0v) is 13.0. The van der Waals surface area contributed by atoms with Gasteiger partial charge in [0, 0.05) is 10.7 Å². The fourth-order valence-corrected chi connectivity index (χ4v) is 2.48. The van der Waals surface area contributed by atoms with Crippen LogP contribution in [0.3, 0.4) is 0 Å². The van der Waals surface area contributed by atoms with Crippen LogP contribution in [-0.4, -0.2) is 29.9 Å². The number of nitrogens with zero attached hydrogens (tertiary/aromatic N) is 2. The molecule has 0 spiro atoms. The van der Waals surface area contributed by atoms with Crippen LogP contribution in [0.1, 0.15) is 0 Å². The van der Waals surface area contributed by atoms with Gasteiger partial charge in [0.1, 0.15) is 6.54 Å². The topological polar surface area (TPSA) is 71.5 Å². The molecule has 0 aliphatic carbocycles. The Morgan fingerprint density at radius 2 is 2.14 bits per heavy atom. The fraction of sp³-hybridized carbons (Fsp3) is 0.133. The molecule has 1 aliphatic heterocycles. The Morgan fingerprint density at radius 3 is 2.95 bits per heavy atom. The second-order valence-corrected chi connectivity index (χ2v) is 5.48. The Labute approximate surface area is 135 Å². The summed E-state index contributed by atoms with van der Waals surface area (Å²) < 4.78 is 6.07.